The van der Waals surface area contributed by atoms with Crippen LogP contribution in [0.1, 0.15) is 12.5 Å². The fraction of sp³-hybridized carbons (Fsp3) is 0.167. The second-order valence-corrected chi connectivity index (χ2v) is 5.22. The standard InChI is InChI=1S/C18H19N3O4/c1-13(22)20-15-7-9-16(10-8-15)21-17(23)11-19-18(24)25-12-14-5-3-2-4-6-14/h2-10H,11-12H2,1H3,(H,19,24)(H,20,22)(H,21,23). The zero-order valence-electron chi connectivity index (χ0n) is 13.7. The molecule has 0 heterocycles. The SMILES string of the molecule is CC(=O)Nc1ccc(NC(=O)CNC(=O)OCc2ccccc2)cc1. The number of hydrogen-bond acceptors (Lipinski definition) is 4. The average molecular weight is 341 g/mol. The molecule has 0 atom stereocenters. The molecule has 2 aromatic rings. The Morgan fingerprint density at radius 2 is 1.48 bits per heavy atom. The van der Waals surface area contributed by atoms with Gasteiger partial charge in [0, 0.05) is 18.3 Å². The van der Waals surface area contributed by atoms with Crippen LogP contribution in [0, 0.1) is 0 Å². The third-order valence-corrected chi connectivity index (χ3v) is 3.10. The first-order valence-corrected chi connectivity index (χ1v) is 7.65. The van der Waals surface area contributed by atoms with E-state index in [4.69, 9.17) is 4.74 Å². The first-order chi connectivity index (χ1) is 12.0. The fourth-order valence-electron chi connectivity index (χ4n) is 1.97. The van der Waals surface area contributed by atoms with Crippen LogP contribution in [0.15, 0.2) is 54.6 Å². The zero-order valence-corrected chi connectivity index (χ0v) is 13.7. The number of hydrogen-bond donors (Lipinski definition) is 3. The van der Waals surface area contributed by atoms with Gasteiger partial charge in [0.2, 0.25) is 11.8 Å². The van der Waals surface area contributed by atoms with Gasteiger partial charge in [-0.3, -0.25) is 9.59 Å². The Hall–Kier alpha value is -3.35. The molecule has 0 bridgehead atoms. The van der Waals surface area contributed by atoms with Gasteiger partial charge in [-0.1, -0.05) is 30.3 Å². The van der Waals surface area contributed by atoms with Crippen LogP contribution in [0.4, 0.5) is 16.2 Å². The maximum atomic E-state index is 11.8. The number of carbonyl (C=O) groups excluding carboxylic acids is 3. The maximum absolute atomic E-state index is 11.8. The molecule has 0 aliphatic rings. The topological polar surface area (TPSA) is 96.5 Å². The van der Waals surface area contributed by atoms with Crippen LogP contribution in [0.2, 0.25) is 0 Å². The van der Waals surface area contributed by atoms with E-state index < -0.39 is 6.09 Å². The second-order valence-electron chi connectivity index (χ2n) is 5.22. The van der Waals surface area contributed by atoms with Crippen molar-refractivity contribution in [3.05, 3.63) is 60.2 Å². The van der Waals surface area contributed by atoms with Crippen LogP contribution in [0.25, 0.3) is 0 Å². The van der Waals surface area contributed by atoms with Gasteiger partial charge in [0.15, 0.2) is 0 Å². The number of alkyl carbamates (subject to hydrolysis) is 1. The highest BCUT2D eigenvalue weighted by molar-refractivity contribution is 5.94. The summed E-state index contributed by atoms with van der Waals surface area (Å²) in [5.74, 6) is -0.557. The number of rotatable bonds is 6. The van der Waals surface area contributed by atoms with Crippen molar-refractivity contribution in [3.8, 4) is 0 Å². The molecule has 2 aromatic carbocycles. The maximum Gasteiger partial charge on any atom is 0.407 e. The number of anilines is 2. The summed E-state index contributed by atoms with van der Waals surface area (Å²) in [4.78, 5) is 34.3. The molecule has 25 heavy (non-hydrogen) atoms. The molecule has 0 radical (unpaired) electrons. The molecule has 130 valence electrons. The molecule has 0 saturated heterocycles. The Labute approximate surface area is 145 Å². The van der Waals surface area contributed by atoms with Gasteiger partial charge in [-0.2, -0.15) is 0 Å². The van der Waals surface area contributed by atoms with Crippen LogP contribution >= 0.6 is 0 Å². The summed E-state index contributed by atoms with van der Waals surface area (Å²) in [6, 6.07) is 15.9. The molecular formula is C18H19N3O4. The predicted molar refractivity (Wildman–Crippen MR) is 94.0 cm³/mol. The van der Waals surface area contributed by atoms with Gasteiger partial charge in [-0.15, -0.1) is 0 Å². The van der Waals surface area contributed by atoms with Gasteiger partial charge in [0.05, 0.1) is 0 Å². The Morgan fingerprint density at radius 1 is 0.880 bits per heavy atom. The number of benzene rings is 2. The van der Waals surface area contributed by atoms with E-state index in [1.165, 1.54) is 6.92 Å². The first-order valence-electron chi connectivity index (χ1n) is 7.65. The van der Waals surface area contributed by atoms with Gasteiger partial charge in [-0.25, -0.2) is 4.79 Å². The summed E-state index contributed by atoms with van der Waals surface area (Å²) >= 11 is 0. The van der Waals surface area contributed by atoms with E-state index in [0.29, 0.717) is 11.4 Å². The average Bonchev–Trinajstić information content (AvgIpc) is 2.60. The van der Waals surface area contributed by atoms with Crippen LogP contribution in [0.5, 0.6) is 0 Å². The van der Waals surface area contributed by atoms with Crippen LogP contribution in [-0.2, 0) is 20.9 Å². The lowest BCUT2D eigenvalue weighted by Crippen LogP contribution is -2.33. The molecule has 7 nitrogen and oxygen atoms in total. The molecule has 0 saturated carbocycles. The minimum atomic E-state index is -0.667. The molecule has 0 aliphatic carbocycles. The molecule has 0 aliphatic heterocycles. The van der Waals surface area contributed by atoms with E-state index in [0.717, 1.165) is 5.56 Å². The molecule has 0 fully saturated rings. The van der Waals surface area contributed by atoms with Gasteiger partial charge in [0.1, 0.15) is 13.2 Å². The summed E-state index contributed by atoms with van der Waals surface area (Å²) < 4.78 is 5.01. The Morgan fingerprint density at radius 3 is 2.08 bits per heavy atom. The largest absolute Gasteiger partial charge is 0.445 e. The first kappa shape index (κ1) is 18.0. The summed E-state index contributed by atoms with van der Waals surface area (Å²) in [6.45, 7) is 1.35. The van der Waals surface area contributed by atoms with Crippen molar-refractivity contribution < 1.29 is 19.1 Å². The van der Waals surface area contributed by atoms with Crippen molar-refractivity contribution in [1.29, 1.82) is 0 Å². The fourth-order valence-corrected chi connectivity index (χ4v) is 1.97. The summed E-state index contributed by atoms with van der Waals surface area (Å²) in [6.07, 6.45) is -0.667. The highest BCUT2D eigenvalue weighted by atomic mass is 16.5. The summed E-state index contributed by atoms with van der Waals surface area (Å²) in [7, 11) is 0. The minimum Gasteiger partial charge on any atom is -0.445 e. The molecule has 0 unspecified atom stereocenters. The van der Waals surface area contributed by atoms with Gasteiger partial charge >= 0.3 is 6.09 Å². The smallest absolute Gasteiger partial charge is 0.407 e. The van der Waals surface area contributed by atoms with Crippen molar-refractivity contribution >= 4 is 29.3 Å². The van der Waals surface area contributed by atoms with E-state index in [1.54, 1.807) is 24.3 Å². The number of carbonyl (C=O) groups is 3. The molecule has 3 amide bonds. The van der Waals surface area contributed by atoms with Crippen molar-refractivity contribution in [2.75, 3.05) is 17.2 Å². The van der Waals surface area contributed by atoms with E-state index in [-0.39, 0.29) is 25.0 Å². The van der Waals surface area contributed by atoms with E-state index in [2.05, 4.69) is 16.0 Å². The lowest BCUT2D eigenvalue weighted by molar-refractivity contribution is -0.115. The third kappa shape index (κ3) is 6.74. The molecule has 0 aromatic heterocycles. The van der Waals surface area contributed by atoms with Gasteiger partial charge in [0.25, 0.3) is 0 Å². The van der Waals surface area contributed by atoms with E-state index >= 15 is 0 Å². The highest BCUT2D eigenvalue weighted by Gasteiger charge is 2.07. The Kier molecular flexibility index (Phi) is 6.53. The van der Waals surface area contributed by atoms with Crippen LogP contribution in [0.3, 0.4) is 0 Å². The summed E-state index contributed by atoms with van der Waals surface area (Å²) in [5, 5.41) is 7.64. The lowest BCUT2D eigenvalue weighted by atomic mass is 10.2. The molecule has 0 spiro atoms. The van der Waals surface area contributed by atoms with Crippen LogP contribution in [-0.4, -0.2) is 24.5 Å². The molecular weight excluding hydrogens is 322 g/mol. The Balaban J connectivity index is 1.71. The predicted octanol–water partition coefficient (Wildman–Crippen LogP) is 2.51. The van der Waals surface area contributed by atoms with Crippen molar-refractivity contribution in [3.63, 3.8) is 0 Å². The quantitative estimate of drug-likeness (QED) is 0.752. The van der Waals surface area contributed by atoms with Crippen LogP contribution < -0.4 is 16.0 Å². The van der Waals surface area contributed by atoms with E-state index in [1.807, 2.05) is 30.3 Å². The monoisotopic (exact) mass is 341 g/mol. The van der Waals surface area contributed by atoms with Gasteiger partial charge < -0.3 is 20.7 Å². The lowest BCUT2D eigenvalue weighted by Gasteiger charge is -2.09. The van der Waals surface area contributed by atoms with E-state index in [9.17, 15) is 14.4 Å². The number of nitrogens with one attached hydrogen (secondary N) is 3. The minimum absolute atomic E-state index is 0.138. The van der Waals surface area contributed by atoms with Crippen molar-refractivity contribution in [2.24, 2.45) is 0 Å². The summed E-state index contributed by atoms with van der Waals surface area (Å²) in [5.41, 5.74) is 2.05. The molecule has 7 heteroatoms. The third-order valence-electron chi connectivity index (χ3n) is 3.10. The Bertz CT molecular complexity index is 730. The molecule has 3 N–H and O–H groups in total. The number of amides is 3. The van der Waals surface area contributed by atoms with Gasteiger partial charge in [-0.05, 0) is 29.8 Å². The second kappa shape index (κ2) is 9.07. The number of ether oxygens (including phenoxy) is 1. The zero-order chi connectivity index (χ0) is 18.1. The highest BCUT2D eigenvalue weighted by Crippen LogP contribution is 2.13. The van der Waals surface area contributed by atoms with Crippen molar-refractivity contribution in [1.82, 2.24) is 5.32 Å². The van der Waals surface area contributed by atoms with Crippen molar-refractivity contribution in [2.45, 2.75) is 13.5 Å². The molecule has 2 rings (SSSR count). The normalized spacial score (nSPS) is 9.80.